The molecule has 0 aromatic carbocycles. The van der Waals surface area contributed by atoms with Gasteiger partial charge in [0.05, 0.1) is 3.74 Å². The maximum Gasteiger partial charge on any atom is 0.0697 e. The van der Waals surface area contributed by atoms with Gasteiger partial charge in [-0.1, -0.05) is 89.6 Å². The van der Waals surface area contributed by atoms with E-state index in [1.807, 2.05) is 0 Å². The normalized spacial score (nSPS) is 19.1. The molecule has 0 bridgehead atoms. The first-order valence-corrected chi connectivity index (χ1v) is 7.90. The molecular formula is C12H22Br2. The van der Waals surface area contributed by atoms with Gasteiger partial charge in [-0.15, -0.1) is 0 Å². The molecular weight excluding hydrogens is 304 g/mol. The van der Waals surface area contributed by atoms with Crippen molar-refractivity contribution in [2.24, 2.45) is 5.92 Å². The Morgan fingerprint density at radius 3 is 2.29 bits per heavy atom. The molecule has 0 unspecified atom stereocenters. The summed E-state index contributed by atoms with van der Waals surface area (Å²) in [5.41, 5.74) is 0. The quantitative estimate of drug-likeness (QED) is 0.438. The summed E-state index contributed by atoms with van der Waals surface area (Å²) in [7, 11) is 0. The van der Waals surface area contributed by atoms with E-state index in [4.69, 9.17) is 0 Å². The Balaban J connectivity index is 1.87. The Kier molecular flexibility index (Phi) is 7.58. The lowest BCUT2D eigenvalue weighted by Gasteiger charge is -2.21. The van der Waals surface area contributed by atoms with Crippen molar-refractivity contribution in [1.29, 1.82) is 0 Å². The maximum absolute atomic E-state index is 3.52. The van der Waals surface area contributed by atoms with Gasteiger partial charge in [-0.2, -0.15) is 0 Å². The molecule has 1 fully saturated rings. The van der Waals surface area contributed by atoms with Gasteiger partial charge in [-0.25, -0.2) is 0 Å². The van der Waals surface area contributed by atoms with Crippen LogP contribution in [-0.2, 0) is 0 Å². The van der Waals surface area contributed by atoms with Crippen LogP contribution in [0.25, 0.3) is 0 Å². The van der Waals surface area contributed by atoms with Crippen LogP contribution >= 0.6 is 31.9 Å². The van der Waals surface area contributed by atoms with Gasteiger partial charge in [-0.05, 0) is 12.3 Å². The van der Waals surface area contributed by atoms with E-state index in [9.17, 15) is 0 Å². The van der Waals surface area contributed by atoms with Crippen LogP contribution in [0, 0.1) is 5.92 Å². The summed E-state index contributed by atoms with van der Waals surface area (Å²) in [5, 5.41) is 0. The predicted octanol–water partition coefficient (Wildman–Crippen LogP) is 5.63. The van der Waals surface area contributed by atoms with Crippen LogP contribution in [-0.4, -0.2) is 3.74 Å². The molecule has 0 heterocycles. The molecule has 0 N–H and O–H groups in total. The standard InChI is InChI=1S/C12H22Br2/c13-12(14)10-6-2-5-9-11-7-3-1-4-8-11/h11-12H,1-10H2. The van der Waals surface area contributed by atoms with Crippen LogP contribution in [0.1, 0.15) is 64.2 Å². The second kappa shape index (κ2) is 8.15. The summed E-state index contributed by atoms with van der Waals surface area (Å²) >= 11 is 7.04. The average molecular weight is 326 g/mol. The number of rotatable bonds is 6. The van der Waals surface area contributed by atoms with E-state index in [0.717, 1.165) is 5.92 Å². The molecule has 2 heteroatoms. The zero-order valence-electron chi connectivity index (χ0n) is 8.98. The second-order valence-electron chi connectivity index (χ2n) is 4.53. The zero-order valence-corrected chi connectivity index (χ0v) is 12.2. The third-order valence-electron chi connectivity index (χ3n) is 3.26. The highest BCUT2D eigenvalue weighted by molar-refractivity contribution is 9.24. The third kappa shape index (κ3) is 6.44. The Morgan fingerprint density at radius 1 is 0.929 bits per heavy atom. The van der Waals surface area contributed by atoms with Gasteiger partial charge in [0.2, 0.25) is 0 Å². The molecule has 1 aliphatic carbocycles. The van der Waals surface area contributed by atoms with E-state index in [0.29, 0.717) is 3.74 Å². The van der Waals surface area contributed by atoms with Gasteiger partial charge in [0.25, 0.3) is 0 Å². The monoisotopic (exact) mass is 324 g/mol. The van der Waals surface area contributed by atoms with Crippen LogP contribution in [0.5, 0.6) is 0 Å². The summed E-state index contributed by atoms with van der Waals surface area (Å²) < 4.78 is 0.532. The molecule has 0 aliphatic heterocycles. The van der Waals surface area contributed by atoms with Crippen LogP contribution < -0.4 is 0 Å². The lowest BCUT2D eigenvalue weighted by Crippen LogP contribution is -2.05. The Morgan fingerprint density at radius 2 is 1.64 bits per heavy atom. The summed E-state index contributed by atoms with van der Waals surface area (Å²) in [6.45, 7) is 0. The van der Waals surface area contributed by atoms with Gasteiger partial charge in [-0.3, -0.25) is 0 Å². The van der Waals surface area contributed by atoms with Crippen molar-refractivity contribution >= 4 is 31.9 Å². The molecule has 84 valence electrons. The Bertz CT molecular complexity index is 128. The smallest absolute Gasteiger partial charge is 0.0697 e. The van der Waals surface area contributed by atoms with Gasteiger partial charge in [0.1, 0.15) is 0 Å². The van der Waals surface area contributed by atoms with Crippen molar-refractivity contribution in [2.45, 2.75) is 67.9 Å². The van der Waals surface area contributed by atoms with Gasteiger partial charge >= 0.3 is 0 Å². The Labute approximate surface area is 105 Å². The molecule has 1 rings (SSSR count). The van der Waals surface area contributed by atoms with Crippen LogP contribution in [0.15, 0.2) is 0 Å². The zero-order chi connectivity index (χ0) is 10.2. The Hall–Kier alpha value is 0.960. The van der Waals surface area contributed by atoms with Crippen LogP contribution in [0.3, 0.4) is 0 Å². The number of hydrogen-bond donors (Lipinski definition) is 0. The fraction of sp³-hybridized carbons (Fsp3) is 1.00. The highest BCUT2D eigenvalue weighted by Crippen LogP contribution is 2.28. The first kappa shape index (κ1) is 13.0. The number of unbranched alkanes of at least 4 members (excludes halogenated alkanes) is 2. The summed E-state index contributed by atoms with van der Waals surface area (Å²) in [6, 6.07) is 0. The largest absolute Gasteiger partial charge is 0.0765 e. The van der Waals surface area contributed by atoms with Crippen molar-refractivity contribution in [3.63, 3.8) is 0 Å². The van der Waals surface area contributed by atoms with E-state index < -0.39 is 0 Å². The number of hydrogen-bond acceptors (Lipinski definition) is 0. The van der Waals surface area contributed by atoms with E-state index in [1.54, 1.807) is 0 Å². The molecule has 0 aromatic heterocycles. The fourth-order valence-electron chi connectivity index (χ4n) is 2.38. The van der Waals surface area contributed by atoms with E-state index in [2.05, 4.69) is 31.9 Å². The molecule has 14 heavy (non-hydrogen) atoms. The first-order valence-electron chi connectivity index (χ1n) is 6.07. The second-order valence-corrected chi connectivity index (χ2v) is 7.97. The van der Waals surface area contributed by atoms with Crippen molar-refractivity contribution in [1.82, 2.24) is 0 Å². The van der Waals surface area contributed by atoms with E-state index >= 15 is 0 Å². The lowest BCUT2D eigenvalue weighted by atomic mass is 9.85. The molecule has 1 aliphatic rings. The summed E-state index contributed by atoms with van der Waals surface area (Å²) in [5.74, 6) is 1.08. The maximum atomic E-state index is 3.52. The van der Waals surface area contributed by atoms with Crippen molar-refractivity contribution in [2.75, 3.05) is 0 Å². The molecule has 0 atom stereocenters. The van der Waals surface area contributed by atoms with Crippen LogP contribution in [0.4, 0.5) is 0 Å². The minimum Gasteiger partial charge on any atom is -0.0765 e. The third-order valence-corrected chi connectivity index (χ3v) is 4.18. The summed E-state index contributed by atoms with van der Waals surface area (Å²) in [6.07, 6.45) is 14.5. The molecule has 0 saturated heterocycles. The minimum atomic E-state index is 0.532. The molecule has 0 amide bonds. The van der Waals surface area contributed by atoms with Crippen molar-refractivity contribution in [3.05, 3.63) is 0 Å². The molecule has 1 saturated carbocycles. The number of halogens is 2. The molecule has 0 aromatic rings. The van der Waals surface area contributed by atoms with Crippen LogP contribution in [0.2, 0.25) is 0 Å². The number of alkyl halides is 2. The highest BCUT2D eigenvalue weighted by atomic mass is 79.9. The SMILES string of the molecule is BrC(Br)CCCCCC1CCCCC1. The highest BCUT2D eigenvalue weighted by Gasteiger charge is 2.12. The first-order chi connectivity index (χ1) is 6.79. The molecule has 0 nitrogen and oxygen atoms in total. The summed E-state index contributed by atoms with van der Waals surface area (Å²) in [4.78, 5) is 0. The van der Waals surface area contributed by atoms with Gasteiger partial charge in [0, 0.05) is 0 Å². The minimum absolute atomic E-state index is 0.532. The van der Waals surface area contributed by atoms with E-state index in [-0.39, 0.29) is 0 Å². The van der Waals surface area contributed by atoms with Crippen molar-refractivity contribution < 1.29 is 0 Å². The lowest BCUT2D eigenvalue weighted by molar-refractivity contribution is 0.328. The molecule has 0 radical (unpaired) electrons. The van der Waals surface area contributed by atoms with Crippen molar-refractivity contribution in [3.8, 4) is 0 Å². The topological polar surface area (TPSA) is 0 Å². The fourth-order valence-corrected chi connectivity index (χ4v) is 3.03. The van der Waals surface area contributed by atoms with Gasteiger partial charge in [0.15, 0.2) is 0 Å². The van der Waals surface area contributed by atoms with Gasteiger partial charge < -0.3 is 0 Å². The van der Waals surface area contributed by atoms with E-state index in [1.165, 1.54) is 64.2 Å². The average Bonchev–Trinajstić information content (AvgIpc) is 2.18. The predicted molar refractivity (Wildman–Crippen MR) is 71.3 cm³/mol. The molecule has 0 spiro atoms.